The zero-order valence-electron chi connectivity index (χ0n) is 12.4. The van der Waals surface area contributed by atoms with Crippen molar-refractivity contribution in [1.82, 2.24) is 0 Å². The topological polar surface area (TPSA) is 0 Å². The lowest BCUT2D eigenvalue weighted by Gasteiger charge is -1.79. The van der Waals surface area contributed by atoms with Crippen LogP contribution in [0.15, 0.2) is 13.2 Å². The molecule has 0 rings (SSSR count). The van der Waals surface area contributed by atoms with Crippen molar-refractivity contribution in [3.8, 4) is 0 Å². The Morgan fingerprint density at radius 3 is 0.786 bits per heavy atom. The lowest BCUT2D eigenvalue weighted by molar-refractivity contribution is 0.737. The van der Waals surface area contributed by atoms with Crippen molar-refractivity contribution >= 4 is 0 Å². The highest BCUT2D eigenvalue weighted by molar-refractivity contribution is 4.22. The highest BCUT2D eigenvalue weighted by atomic mass is 13.7. The maximum Gasteiger partial charge on any atom is -0.0500 e. The maximum absolute atomic E-state index is 3.00. The molecule has 0 heteroatoms. The molecule has 0 unspecified atom stereocenters. The number of unbranched alkanes of at least 4 members (excludes halogenated alkanes) is 1. The van der Waals surface area contributed by atoms with Crippen LogP contribution in [-0.4, -0.2) is 0 Å². The van der Waals surface area contributed by atoms with Crippen molar-refractivity contribution in [1.29, 1.82) is 0 Å². The number of rotatable bonds is 1. The van der Waals surface area contributed by atoms with Gasteiger partial charge in [-0.25, -0.2) is 0 Å². The first kappa shape index (κ1) is 29.2. The van der Waals surface area contributed by atoms with E-state index in [0.717, 1.165) is 5.92 Å². The zero-order valence-corrected chi connectivity index (χ0v) is 12.4. The van der Waals surface area contributed by atoms with Crippen molar-refractivity contribution in [3.05, 3.63) is 13.2 Å². The minimum absolute atomic E-state index is 0.833. The molecule has 0 aromatic heterocycles. The van der Waals surface area contributed by atoms with Gasteiger partial charge in [-0.15, -0.1) is 13.2 Å². The van der Waals surface area contributed by atoms with E-state index in [-0.39, 0.29) is 0 Å². The quantitative estimate of drug-likeness (QED) is 0.438. The van der Waals surface area contributed by atoms with E-state index >= 15 is 0 Å². The lowest BCUT2D eigenvalue weighted by Crippen LogP contribution is -1.66. The van der Waals surface area contributed by atoms with Gasteiger partial charge in [0.15, 0.2) is 0 Å². The summed E-state index contributed by atoms with van der Waals surface area (Å²) in [6.45, 7) is 24.9. The summed E-state index contributed by atoms with van der Waals surface area (Å²) < 4.78 is 0. The van der Waals surface area contributed by atoms with Gasteiger partial charge < -0.3 is 0 Å². The molecule has 0 nitrogen and oxygen atoms in total. The highest BCUT2D eigenvalue weighted by Gasteiger charge is 1.68. The van der Waals surface area contributed by atoms with Gasteiger partial charge in [0, 0.05) is 0 Å². The third-order valence-corrected chi connectivity index (χ3v) is 0.500. The first-order chi connectivity index (χ1) is 6.65. The molecule has 0 atom stereocenters. The molecule has 0 fully saturated rings. The second-order valence-electron chi connectivity index (χ2n) is 2.73. The summed E-state index contributed by atoms with van der Waals surface area (Å²) in [7, 11) is 0. The van der Waals surface area contributed by atoms with Gasteiger partial charge >= 0.3 is 0 Å². The molecule has 0 radical (unpaired) electrons. The first-order valence-corrected chi connectivity index (χ1v) is 6.15. The van der Waals surface area contributed by atoms with Crippen LogP contribution in [0.5, 0.6) is 0 Å². The van der Waals surface area contributed by atoms with Crippen LogP contribution in [0.3, 0.4) is 0 Å². The Labute approximate surface area is 94.8 Å². The minimum Gasteiger partial charge on any atom is -0.106 e. The largest absolute Gasteiger partial charge is 0.106 e. The molecule has 92 valence electrons. The van der Waals surface area contributed by atoms with Crippen molar-refractivity contribution in [2.45, 2.75) is 75.2 Å². The normalized spacial score (nSPS) is 5.86. The molecule has 14 heavy (non-hydrogen) atoms. The van der Waals surface area contributed by atoms with Gasteiger partial charge in [-0.3, -0.25) is 0 Å². The van der Waals surface area contributed by atoms with Gasteiger partial charge in [0.2, 0.25) is 0 Å². The fraction of sp³-hybridized carbons (Fsp3) is 0.857. The zero-order chi connectivity index (χ0) is 13.0. The molecular weight excluding hydrogens is 168 g/mol. The summed E-state index contributed by atoms with van der Waals surface area (Å²) in [5.74, 6) is 0.833. The van der Waals surface area contributed by atoms with E-state index in [2.05, 4.69) is 47.8 Å². The molecule has 0 saturated heterocycles. The predicted octanol–water partition coefficient (Wildman–Crippen LogP) is 6.32. The van der Waals surface area contributed by atoms with Crippen LogP contribution in [0.4, 0.5) is 0 Å². The second kappa shape index (κ2) is 78.2. The summed E-state index contributed by atoms with van der Waals surface area (Å²) in [5.41, 5.74) is 0. The summed E-state index contributed by atoms with van der Waals surface area (Å²) >= 11 is 0. The SMILES string of the molecule is C=C.CC.CC.CC(C)C.CCCC. The standard InChI is InChI=1S/2C4H10.2C2H6.C2H4/c1-4(2)3;1-3-4-2;3*1-2/h4H,1-3H3;3-4H2,1-2H3;2*1-2H3;1-2H2. The van der Waals surface area contributed by atoms with Crippen LogP contribution in [0.25, 0.3) is 0 Å². The van der Waals surface area contributed by atoms with Crippen molar-refractivity contribution in [3.63, 3.8) is 0 Å². The van der Waals surface area contributed by atoms with Crippen molar-refractivity contribution in [2.75, 3.05) is 0 Å². The van der Waals surface area contributed by atoms with Gasteiger partial charge in [-0.05, 0) is 5.92 Å². The van der Waals surface area contributed by atoms with Crippen LogP contribution in [0, 0.1) is 5.92 Å². The third kappa shape index (κ3) is 2470. The fourth-order valence-electron chi connectivity index (χ4n) is 0. The van der Waals surface area contributed by atoms with E-state index in [4.69, 9.17) is 0 Å². The molecule has 0 aliphatic carbocycles. The Morgan fingerprint density at radius 1 is 0.714 bits per heavy atom. The summed E-state index contributed by atoms with van der Waals surface area (Å²) in [6.07, 6.45) is 2.64. The second-order valence-corrected chi connectivity index (χ2v) is 2.73. The molecular formula is C14H36. The molecule has 0 heterocycles. The smallest absolute Gasteiger partial charge is 0.0500 e. The van der Waals surface area contributed by atoms with Crippen molar-refractivity contribution < 1.29 is 0 Å². The molecule has 0 aliphatic heterocycles. The summed E-state index contributed by atoms with van der Waals surface area (Å²) in [6, 6.07) is 0. The fourth-order valence-corrected chi connectivity index (χ4v) is 0. The average Bonchev–Trinajstić information content (AvgIpc) is 2.25. The van der Waals surface area contributed by atoms with Gasteiger partial charge in [-0.2, -0.15) is 0 Å². The Hall–Kier alpha value is -0.260. The molecule has 0 aliphatic rings. The Morgan fingerprint density at radius 2 is 0.786 bits per heavy atom. The lowest BCUT2D eigenvalue weighted by atomic mass is 10.3. The van der Waals surface area contributed by atoms with E-state index in [0.29, 0.717) is 0 Å². The highest BCUT2D eigenvalue weighted by Crippen LogP contribution is 1.81. The monoisotopic (exact) mass is 204 g/mol. The van der Waals surface area contributed by atoms with Gasteiger partial charge in [0.05, 0.1) is 0 Å². The minimum atomic E-state index is 0.833. The summed E-state index contributed by atoms with van der Waals surface area (Å²) in [4.78, 5) is 0. The molecule has 0 aromatic rings. The van der Waals surface area contributed by atoms with E-state index < -0.39 is 0 Å². The molecule has 0 bridgehead atoms. The van der Waals surface area contributed by atoms with Gasteiger partial charge in [-0.1, -0.05) is 75.2 Å². The van der Waals surface area contributed by atoms with Crippen LogP contribution < -0.4 is 0 Å². The molecule has 0 aromatic carbocycles. The maximum atomic E-state index is 3.00. The average molecular weight is 204 g/mol. The number of hydrogen-bond donors (Lipinski definition) is 0. The van der Waals surface area contributed by atoms with Gasteiger partial charge in [0.1, 0.15) is 0 Å². The van der Waals surface area contributed by atoms with Crippen LogP contribution in [-0.2, 0) is 0 Å². The van der Waals surface area contributed by atoms with Crippen LogP contribution in [0.1, 0.15) is 75.2 Å². The Balaban J connectivity index is -0.0000000255. The molecule has 0 saturated carbocycles. The van der Waals surface area contributed by atoms with Gasteiger partial charge in [0.25, 0.3) is 0 Å². The summed E-state index contributed by atoms with van der Waals surface area (Å²) in [5, 5.41) is 0. The molecule has 0 amide bonds. The number of hydrogen-bond acceptors (Lipinski definition) is 0. The molecule has 0 spiro atoms. The van der Waals surface area contributed by atoms with E-state index in [1.54, 1.807) is 0 Å². The Bertz CT molecular complexity index is 24.3. The van der Waals surface area contributed by atoms with Crippen LogP contribution >= 0.6 is 0 Å². The predicted molar refractivity (Wildman–Crippen MR) is 75.0 cm³/mol. The molecule has 0 N–H and O–H groups in total. The first-order valence-electron chi connectivity index (χ1n) is 6.15. The van der Waals surface area contributed by atoms with Crippen molar-refractivity contribution in [2.24, 2.45) is 5.92 Å². The van der Waals surface area contributed by atoms with Crippen LogP contribution in [0.2, 0.25) is 0 Å². The Kier molecular flexibility index (Phi) is 163. The van der Waals surface area contributed by atoms with E-state index in [9.17, 15) is 0 Å². The third-order valence-electron chi connectivity index (χ3n) is 0.500. The van der Waals surface area contributed by atoms with E-state index in [1.807, 2.05) is 27.7 Å². The van der Waals surface area contributed by atoms with E-state index in [1.165, 1.54) is 12.8 Å².